The Balaban J connectivity index is 2.81. The molecule has 3 amide bonds. The fourth-order valence-electron chi connectivity index (χ4n) is 3.23. The zero-order valence-corrected chi connectivity index (χ0v) is 20.8. The summed E-state index contributed by atoms with van der Waals surface area (Å²) in [6.07, 6.45) is 3.61. The van der Waals surface area contributed by atoms with Crippen molar-refractivity contribution in [3.05, 3.63) is 35.9 Å². The molecule has 1 aromatic rings. The Morgan fingerprint density at radius 3 is 2.09 bits per heavy atom. The van der Waals surface area contributed by atoms with Crippen molar-refractivity contribution in [3.63, 3.8) is 0 Å². The van der Waals surface area contributed by atoms with Gasteiger partial charge in [0.2, 0.25) is 17.7 Å². The first-order valence-electron chi connectivity index (χ1n) is 11.5. The first-order chi connectivity index (χ1) is 16.7. The number of nitrogens with two attached hydrogens (primary N) is 2. The van der Waals surface area contributed by atoms with Crippen molar-refractivity contribution in [1.29, 1.82) is 0 Å². The van der Waals surface area contributed by atoms with Gasteiger partial charge in [0.1, 0.15) is 18.1 Å². The van der Waals surface area contributed by atoms with Gasteiger partial charge in [-0.1, -0.05) is 30.3 Å². The molecule has 0 aliphatic carbocycles. The minimum atomic E-state index is -1.33. The lowest BCUT2D eigenvalue weighted by Gasteiger charge is -2.24. The molecule has 0 saturated carbocycles. The van der Waals surface area contributed by atoms with E-state index >= 15 is 0 Å². The van der Waals surface area contributed by atoms with Gasteiger partial charge in [-0.2, -0.15) is 11.8 Å². The largest absolute Gasteiger partial charge is 0.480 e. The third kappa shape index (κ3) is 11.5. The third-order valence-corrected chi connectivity index (χ3v) is 5.90. The quantitative estimate of drug-likeness (QED) is 0.128. The van der Waals surface area contributed by atoms with Crippen molar-refractivity contribution in [3.8, 4) is 0 Å². The first kappa shape index (κ1) is 30.4. The standard InChI is InChI=1S/C23H37N5O6S/c1-35-12-10-18(23(33)34)27-21(31)17(9-5-6-11-24)26-22(32)19(14-29)28-20(30)16(25)13-15-7-3-2-4-8-15/h2-4,7-8,16-19,29H,5-6,9-14,24-25H2,1H3,(H,26,32)(H,27,31)(H,28,30)(H,33,34). The van der Waals surface area contributed by atoms with Crippen LogP contribution in [0.3, 0.4) is 0 Å². The molecular weight excluding hydrogens is 474 g/mol. The molecule has 0 saturated heterocycles. The monoisotopic (exact) mass is 511 g/mol. The lowest BCUT2D eigenvalue weighted by atomic mass is 10.1. The van der Waals surface area contributed by atoms with Gasteiger partial charge in [0, 0.05) is 0 Å². The second kappa shape index (κ2) is 16.9. The number of carboxylic acid groups (broad SMARTS) is 1. The Kier molecular flexibility index (Phi) is 14.6. The number of aliphatic hydroxyl groups excluding tert-OH is 1. The van der Waals surface area contributed by atoms with E-state index in [0.29, 0.717) is 25.1 Å². The Morgan fingerprint density at radius 2 is 1.51 bits per heavy atom. The van der Waals surface area contributed by atoms with Crippen molar-refractivity contribution < 1.29 is 29.4 Å². The van der Waals surface area contributed by atoms with Gasteiger partial charge in [0.25, 0.3) is 0 Å². The Hall–Kier alpha value is -2.67. The average molecular weight is 512 g/mol. The molecule has 1 aromatic carbocycles. The highest BCUT2D eigenvalue weighted by Crippen LogP contribution is 2.06. The van der Waals surface area contributed by atoms with Gasteiger partial charge in [0.05, 0.1) is 12.6 Å². The maximum Gasteiger partial charge on any atom is 0.326 e. The number of carbonyl (C=O) groups excluding carboxylic acids is 3. The number of benzene rings is 1. The van der Waals surface area contributed by atoms with Crippen LogP contribution in [0, 0.1) is 0 Å². The van der Waals surface area contributed by atoms with Crippen LogP contribution in [-0.4, -0.2) is 83.2 Å². The highest BCUT2D eigenvalue weighted by atomic mass is 32.2. The van der Waals surface area contributed by atoms with E-state index in [0.717, 1.165) is 5.56 Å². The minimum absolute atomic E-state index is 0.212. The summed E-state index contributed by atoms with van der Waals surface area (Å²) >= 11 is 1.45. The minimum Gasteiger partial charge on any atom is -0.480 e. The van der Waals surface area contributed by atoms with Gasteiger partial charge in [-0.15, -0.1) is 0 Å². The summed E-state index contributed by atoms with van der Waals surface area (Å²) in [5, 5.41) is 26.5. The second-order valence-electron chi connectivity index (χ2n) is 8.07. The van der Waals surface area contributed by atoms with Gasteiger partial charge >= 0.3 is 5.97 Å². The van der Waals surface area contributed by atoms with Crippen LogP contribution < -0.4 is 27.4 Å². The predicted octanol–water partition coefficient (Wildman–Crippen LogP) is -1.03. The third-order valence-electron chi connectivity index (χ3n) is 5.26. The van der Waals surface area contributed by atoms with Crippen LogP contribution in [0.2, 0.25) is 0 Å². The lowest BCUT2D eigenvalue weighted by molar-refractivity contribution is -0.142. The van der Waals surface area contributed by atoms with Gasteiger partial charge in [-0.25, -0.2) is 4.79 Å². The Bertz CT molecular complexity index is 813. The van der Waals surface area contributed by atoms with Gasteiger partial charge in [-0.3, -0.25) is 14.4 Å². The van der Waals surface area contributed by atoms with E-state index in [1.165, 1.54) is 11.8 Å². The molecule has 0 heterocycles. The molecule has 0 fully saturated rings. The van der Waals surface area contributed by atoms with E-state index in [-0.39, 0.29) is 19.3 Å². The SMILES string of the molecule is CSCCC(NC(=O)C(CCCCN)NC(=O)C(CO)NC(=O)C(N)Cc1ccccc1)C(=O)O. The van der Waals surface area contributed by atoms with Crippen molar-refractivity contribution in [2.45, 2.75) is 56.3 Å². The summed E-state index contributed by atoms with van der Waals surface area (Å²) in [5.41, 5.74) is 12.3. The van der Waals surface area contributed by atoms with E-state index in [2.05, 4.69) is 16.0 Å². The van der Waals surface area contributed by atoms with E-state index in [1.54, 1.807) is 0 Å². The number of aliphatic hydroxyl groups is 1. The number of hydrogen-bond acceptors (Lipinski definition) is 8. The van der Waals surface area contributed by atoms with Crippen molar-refractivity contribution in [2.24, 2.45) is 11.5 Å². The highest BCUT2D eigenvalue weighted by Gasteiger charge is 2.29. The summed E-state index contributed by atoms with van der Waals surface area (Å²) < 4.78 is 0. The fraction of sp³-hybridized carbons (Fsp3) is 0.565. The zero-order valence-electron chi connectivity index (χ0n) is 19.9. The number of carbonyl (C=O) groups is 4. The molecule has 12 heteroatoms. The molecular formula is C23H37N5O6S. The Labute approximate surface area is 209 Å². The normalized spacial score (nSPS) is 14.3. The molecule has 0 bridgehead atoms. The molecule has 35 heavy (non-hydrogen) atoms. The number of aliphatic carboxylic acids is 1. The molecule has 0 aliphatic heterocycles. The van der Waals surface area contributed by atoms with E-state index in [1.807, 2.05) is 36.6 Å². The Morgan fingerprint density at radius 1 is 0.914 bits per heavy atom. The lowest BCUT2D eigenvalue weighted by Crippen LogP contribution is -2.58. The summed E-state index contributed by atoms with van der Waals surface area (Å²) in [5.74, 6) is -2.71. The summed E-state index contributed by atoms with van der Waals surface area (Å²) in [6, 6.07) is 4.66. The maximum absolute atomic E-state index is 12.8. The number of hydrogen-bond donors (Lipinski definition) is 7. The maximum atomic E-state index is 12.8. The van der Waals surface area contributed by atoms with E-state index in [4.69, 9.17) is 11.5 Å². The van der Waals surface area contributed by atoms with Crippen LogP contribution in [0.1, 0.15) is 31.2 Å². The number of carboxylic acids is 1. The van der Waals surface area contributed by atoms with Crippen LogP contribution in [0.15, 0.2) is 30.3 Å². The fourth-order valence-corrected chi connectivity index (χ4v) is 3.70. The van der Waals surface area contributed by atoms with Crippen LogP contribution >= 0.6 is 11.8 Å². The highest BCUT2D eigenvalue weighted by molar-refractivity contribution is 7.98. The van der Waals surface area contributed by atoms with Crippen LogP contribution in [0.5, 0.6) is 0 Å². The topological polar surface area (TPSA) is 197 Å². The molecule has 11 nitrogen and oxygen atoms in total. The molecule has 0 aliphatic rings. The van der Waals surface area contributed by atoms with Gasteiger partial charge < -0.3 is 37.6 Å². The number of nitrogens with one attached hydrogen (secondary N) is 3. The zero-order chi connectivity index (χ0) is 26.2. The van der Waals surface area contributed by atoms with Gasteiger partial charge in [-0.05, 0) is 56.2 Å². The molecule has 0 spiro atoms. The van der Waals surface area contributed by atoms with Gasteiger partial charge in [0.15, 0.2) is 0 Å². The first-order valence-corrected chi connectivity index (χ1v) is 12.9. The van der Waals surface area contributed by atoms with Crippen molar-refractivity contribution in [1.82, 2.24) is 16.0 Å². The smallest absolute Gasteiger partial charge is 0.326 e. The number of rotatable bonds is 17. The predicted molar refractivity (Wildman–Crippen MR) is 135 cm³/mol. The van der Waals surface area contributed by atoms with Crippen molar-refractivity contribution >= 4 is 35.5 Å². The summed E-state index contributed by atoms with van der Waals surface area (Å²) in [4.78, 5) is 49.6. The molecule has 4 unspecified atom stereocenters. The molecule has 1 rings (SSSR count). The summed E-state index contributed by atoms with van der Waals surface area (Å²) in [6.45, 7) is -0.319. The number of amides is 3. The van der Waals surface area contributed by atoms with E-state index in [9.17, 15) is 29.4 Å². The van der Waals surface area contributed by atoms with Crippen LogP contribution in [-0.2, 0) is 25.6 Å². The van der Waals surface area contributed by atoms with Crippen LogP contribution in [0.25, 0.3) is 0 Å². The summed E-state index contributed by atoms with van der Waals surface area (Å²) in [7, 11) is 0. The van der Waals surface area contributed by atoms with Crippen molar-refractivity contribution in [2.75, 3.05) is 25.2 Å². The molecule has 196 valence electrons. The molecule has 0 radical (unpaired) electrons. The second-order valence-corrected chi connectivity index (χ2v) is 9.05. The molecule has 9 N–H and O–H groups in total. The average Bonchev–Trinajstić information content (AvgIpc) is 2.84. The van der Waals surface area contributed by atoms with E-state index < -0.39 is 54.5 Å². The number of unbranched alkanes of at least 4 members (excludes halogenated alkanes) is 1. The number of thioether (sulfide) groups is 1. The molecule has 0 aromatic heterocycles. The molecule has 4 atom stereocenters. The van der Waals surface area contributed by atoms with Crippen LogP contribution in [0.4, 0.5) is 0 Å².